The topological polar surface area (TPSA) is 58.2 Å². The lowest BCUT2D eigenvalue weighted by molar-refractivity contribution is -0.137. The third-order valence-corrected chi connectivity index (χ3v) is 6.25. The van der Waals surface area contributed by atoms with Gasteiger partial charge in [0.15, 0.2) is 0 Å². The van der Waals surface area contributed by atoms with Gasteiger partial charge in [-0.05, 0) is 42.5 Å². The molecular weight excluding hydrogens is 461 g/mol. The number of hydrogen-bond donors (Lipinski definition) is 2. The van der Waals surface area contributed by atoms with Gasteiger partial charge in [-0.2, -0.15) is 13.2 Å². The molecule has 3 aromatic carbocycles. The number of fused-ring (bicyclic) bond motifs is 1. The number of halogens is 4. The van der Waals surface area contributed by atoms with Gasteiger partial charge >= 0.3 is 6.18 Å². The van der Waals surface area contributed by atoms with E-state index in [2.05, 4.69) is 10.6 Å². The molecule has 0 fully saturated rings. The Kier molecular flexibility index (Phi) is 5.90. The number of benzene rings is 3. The van der Waals surface area contributed by atoms with Crippen LogP contribution in [0.2, 0.25) is 5.02 Å². The third kappa shape index (κ3) is 4.61. The maximum atomic E-state index is 12.9. The molecule has 4 rings (SSSR count). The van der Waals surface area contributed by atoms with Crippen molar-refractivity contribution in [1.29, 1.82) is 0 Å². The Labute approximate surface area is 189 Å². The lowest BCUT2D eigenvalue weighted by Crippen LogP contribution is -2.15. The number of hydrogen-bond acceptors (Lipinski definition) is 3. The number of nitrogens with one attached hydrogen (secondary N) is 2. The number of carbonyl (C=O) groups is 2. The van der Waals surface area contributed by atoms with Gasteiger partial charge in [0, 0.05) is 27.0 Å². The van der Waals surface area contributed by atoms with E-state index in [9.17, 15) is 22.8 Å². The van der Waals surface area contributed by atoms with E-state index >= 15 is 0 Å². The van der Waals surface area contributed by atoms with E-state index in [4.69, 9.17) is 11.6 Å². The molecule has 1 aromatic heterocycles. The number of thiophene rings is 1. The quantitative estimate of drug-likeness (QED) is 0.332. The number of alkyl halides is 3. The smallest absolute Gasteiger partial charge is 0.322 e. The van der Waals surface area contributed by atoms with Crippen LogP contribution in [0.5, 0.6) is 0 Å². The summed E-state index contributed by atoms with van der Waals surface area (Å²) in [7, 11) is 0. The van der Waals surface area contributed by atoms with Crippen molar-refractivity contribution in [2.75, 3.05) is 10.6 Å². The molecule has 0 atom stereocenters. The molecule has 0 aliphatic rings. The molecule has 0 bridgehead atoms. The second kappa shape index (κ2) is 8.64. The minimum atomic E-state index is -4.52. The van der Waals surface area contributed by atoms with Crippen molar-refractivity contribution in [3.05, 3.63) is 93.8 Å². The molecule has 0 saturated carbocycles. The maximum absolute atomic E-state index is 12.9. The van der Waals surface area contributed by atoms with Crippen molar-refractivity contribution >= 4 is 56.2 Å². The zero-order chi connectivity index (χ0) is 22.9. The van der Waals surface area contributed by atoms with Crippen molar-refractivity contribution in [1.82, 2.24) is 0 Å². The van der Waals surface area contributed by atoms with E-state index in [-0.39, 0.29) is 11.3 Å². The summed E-state index contributed by atoms with van der Waals surface area (Å²) in [5.41, 5.74) is -0.337. The van der Waals surface area contributed by atoms with Gasteiger partial charge in [0.05, 0.1) is 10.6 Å². The Morgan fingerprint density at radius 3 is 2.19 bits per heavy atom. The van der Waals surface area contributed by atoms with Crippen LogP contribution in [0.3, 0.4) is 0 Å². The molecule has 0 aliphatic carbocycles. The second-order valence-corrected chi connectivity index (χ2v) is 8.24. The summed E-state index contributed by atoms with van der Waals surface area (Å²) in [4.78, 5) is 25.6. The van der Waals surface area contributed by atoms with E-state index in [0.717, 1.165) is 22.2 Å². The average molecular weight is 475 g/mol. The first-order chi connectivity index (χ1) is 15.2. The molecular formula is C23H14ClF3N2O2S. The van der Waals surface area contributed by atoms with Crippen molar-refractivity contribution in [2.24, 2.45) is 0 Å². The predicted octanol–water partition coefficient (Wildman–Crippen LogP) is 7.08. The summed E-state index contributed by atoms with van der Waals surface area (Å²) >= 11 is 7.59. The summed E-state index contributed by atoms with van der Waals surface area (Å²) in [6.07, 6.45) is -4.52. The van der Waals surface area contributed by atoms with Crippen LogP contribution in [0.15, 0.2) is 72.8 Å². The van der Waals surface area contributed by atoms with Crippen molar-refractivity contribution in [3.8, 4) is 0 Å². The van der Waals surface area contributed by atoms with E-state index in [1.54, 1.807) is 12.1 Å². The predicted molar refractivity (Wildman–Crippen MR) is 121 cm³/mol. The number of rotatable bonds is 4. The Balaban J connectivity index is 1.51. The fourth-order valence-electron chi connectivity index (χ4n) is 3.06. The fraction of sp³-hybridized carbons (Fsp3) is 0.0435. The van der Waals surface area contributed by atoms with E-state index < -0.39 is 23.6 Å². The van der Waals surface area contributed by atoms with Crippen LogP contribution >= 0.6 is 22.9 Å². The third-order valence-electron chi connectivity index (χ3n) is 4.57. The Hall–Kier alpha value is -3.36. The van der Waals surface area contributed by atoms with Crippen LogP contribution in [0, 0.1) is 0 Å². The standard InChI is InChI=1S/C23H14ClF3N2O2S/c24-19-17-9-1-2-10-18(17)32-20(19)22(31)29-15-7-3-5-13(11-15)21(30)28-16-8-4-6-14(12-16)23(25,26)27/h1-12H,(H,28,30)(H,29,31). The fourth-order valence-corrected chi connectivity index (χ4v) is 4.47. The molecule has 9 heteroatoms. The maximum Gasteiger partial charge on any atom is 0.416 e. The Morgan fingerprint density at radius 2 is 1.47 bits per heavy atom. The zero-order valence-corrected chi connectivity index (χ0v) is 17.7. The molecule has 0 aliphatic heterocycles. The molecule has 0 spiro atoms. The number of anilines is 2. The SMILES string of the molecule is O=C(Nc1cccc(C(F)(F)F)c1)c1cccc(NC(=O)c2sc3ccccc3c2Cl)c1. The summed E-state index contributed by atoms with van der Waals surface area (Å²) in [6.45, 7) is 0. The van der Waals surface area contributed by atoms with E-state index in [1.165, 1.54) is 35.6 Å². The molecule has 0 saturated heterocycles. The molecule has 1 heterocycles. The Bertz CT molecular complexity index is 1330. The van der Waals surface area contributed by atoms with Gasteiger partial charge in [-0.15, -0.1) is 11.3 Å². The largest absolute Gasteiger partial charge is 0.416 e. The van der Waals surface area contributed by atoms with Crippen LogP contribution in [0.25, 0.3) is 10.1 Å². The van der Waals surface area contributed by atoms with Crippen molar-refractivity contribution in [3.63, 3.8) is 0 Å². The first-order valence-corrected chi connectivity index (χ1v) is 10.5. The summed E-state index contributed by atoms with van der Waals surface area (Å²) in [6, 6.07) is 17.8. The normalized spacial score (nSPS) is 11.4. The highest BCUT2D eigenvalue weighted by molar-refractivity contribution is 7.21. The number of carbonyl (C=O) groups excluding carboxylic acids is 2. The first kappa shape index (κ1) is 21.9. The molecule has 0 unspecified atom stereocenters. The molecule has 4 nitrogen and oxygen atoms in total. The minimum Gasteiger partial charge on any atom is -0.322 e. The first-order valence-electron chi connectivity index (χ1n) is 9.29. The van der Waals surface area contributed by atoms with E-state index in [1.807, 2.05) is 24.3 Å². The second-order valence-electron chi connectivity index (χ2n) is 6.81. The van der Waals surface area contributed by atoms with Crippen LogP contribution < -0.4 is 10.6 Å². The minimum absolute atomic E-state index is 0.0105. The lowest BCUT2D eigenvalue weighted by atomic mass is 10.1. The van der Waals surface area contributed by atoms with Gasteiger partial charge in [0.1, 0.15) is 4.88 Å². The highest BCUT2D eigenvalue weighted by Gasteiger charge is 2.30. The van der Waals surface area contributed by atoms with Gasteiger partial charge in [-0.3, -0.25) is 9.59 Å². The molecule has 32 heavy (non-hydrogen) atoms. The summed E-state index contributed by atoms with van der Waals surface area (Å²) < 4.78 is 39.5. The lowest BCUT2D eigenvalue weighted by Gasteiger charge is -2.11. The van der Waals surface area contributed by atoms with Gasteiger partial charge in [-0.25, -0.2) is 0 Å². The highest BCUT2D eigenvalue weighted by atomic mass is 35.5. The van der Waals surface area contributed by atoms with Crippen LogP contribution in [-0.4, -0.2) is 11.8 Å². The van der Waals surface area contributed by atoms with Crippen molar-refractivity contribution in [2.45, 2.75) is 6.18 Å². The number of amides is 2. The average Bonchev–Trinajstić information content (AvgIpc) is 3.10. The molecule has 0 radical (unpaired) electrons. The van der Waals surface area contributed by atoms with Crippen LogP contribution in [-0.2, 0) is 6.18 Å². The highest BCUT2D eigenvalue weighted by Crippen LogP contribution is 2.35. The van der Waals surface area contributed by atoms with Gasteiger partial charge in [-0.1, -0.05) is 41.9 Å². The van der Waals surface area contributed by atoms with Crippen molar-refractivity contribution < 1.29 is 22.8 Å². The van der Waals surface area contributed by atoms with Gasteiger partial charge in [0.25, 0.3) is 11.8 Å². The summed E-state index contributed by atoms with van der Waals surface area (Å²) in [5.74, 6) is -1.04. The van der Waals surface area contributed by atoms with Crippen LogP contribution in [0.4, 0.5) is 24.5 Å². The monoisotopic (exact) mass is 474 g/mol. The molecule has 162 valence electrons. The molecule has 2 amide bonds. The van der Waals surface area contributed by atoms with Gasteiger partial charge in [0.2, 0.25) is 0 Å². The van der Waals surface area contributed by atoms with Gasteiger partial charge < -0.3 is 10.6 Å². The summed E-state index contributed by atoms with van der Waals surface area (Å²) in [5, 5.41) is 6.27. The van der Waals surface area contributed by atoms with E-state index in [0.29, 0.717) is 15.6 Å². The van der Waals surface area contributed by atoms with Crippen LogP contribution in [0.1, 0.15) is 25.6 Å². The Morgan fingerprint density at radius 1 is 0.812 bits per heavy atom. The molecule has 4 aromatic rings. The zero-order valence-electron chi connectivity index (χ0n) is 16.2. The molecule has 2 N–H and O–H groups in total.